The van der Waals surface area contributed by atoms with E-state index in [1.807, 2.05) is 0 Å². The van der Waals surface area contributed by atoms with E-state index in [-0.39, 0.29) is 16.4 Å². The third kappa shape index (κ3) is 5.36. The maximum absolute atomic E-state index is 12.6. The number of benzene rings is 2. The summed E-state index contributed by atoms with van der Waals surface area (Å²) in [7, 11) is 0. The summed E-state index contributed by atoms with van der Waals surface area (Å²) in [6, 6.07) is 8.07. The molecule has 10 heteroatoms. The SMILES string of the molecule is O=C(CSc1ccc(C(F)(F)F)cc1[N+](=O)[O-])Oc1ccc(Cl)cc1. The zero-order valence-corrected chi connectivity index (χ0v) is 13.8. The third-order valence-corrected chi connectivity index (χ3v) is 4.16. The van der Waals surface area contributed by atoms with Crippen LogP contribution in [0.5, 0.6) is 5.75 Å². The summed E-state index contributed by atoms with van der Waals surface area (Å²) in [5.41, 5.74) is -1.86. The molecule has 0 N–H and O–H groups in total. The number of esters is 1. The summed E-state index contributed by atoms with van der Waals surface area (Å²) in [5, 5.41) is 11.4. The fourth-order valence-electron chi connectivity index (χ4n) is 1.76. The molecule has 0 fully saturated rings. The van der Waals surface area contributed by atoms with Crippen molar-refractivity contribution in [2.75, 3.05) is 5.75 Å². The number of hydrogen-bond acceptors (Lipinski definition) is 5. The van der Waals surface area contributed by atoms with Crippen molar-refractivity contribution in [3.8, 4) is 5.75 Å². The summed E-state index contributed by atoms with van der Waals surface area (Å²) in [6.07, 6.45) is -4.69. The Morgan fingerprint density at radius 2 is 1.84 bits per heavy atom. The van der Waals surface area contributed by atoms with Crippen molar-refractivity contribution >= 4 is 35.0 Å². The van der Waals surface area contributed by atoms with Gasteiger partial charge in [0.1, 0.15) is 5.75 Å². The highest BCUT2D eigenvalue weighted by Gasteiger charge is 2.33. The van der Waals surface area contributed by atoms with Crippen molar-refractivity contribution in [3.05, 3.63) is 63.2 Å². The largest absolute Gasteiger partial charge is 0.426 e. The van der Waals surface area contributed by atoms with E-state index in [0.29, 0.717) is 22.9 Å². The van der Waals surface area contributed by atoms with Crippen LogP contribution in [-0.2, 0) is 11.0 Å². The molecule has 0 aromatic heterocycles. The lowest BCUT2D eigenvalue weighted by atomic mass is 10.2. The lowest BCUT2D eigenvalue weighted by Gasteiger charge is -2.08. The zero-order valence-electron chi connectivity index (χ0n) is 12.2. The average molecular weight is 392 g/mol. The number of ether oxygens (including phenoxy) is 1. The topological polar surface area (TPSA) is 69.4 Å². The minimum Gasteiger partial charge on any atom is -0.426 e. The average Bonchev–Trinajstić information content (AvgIpc) is 2.54. The molecule has 0 amide bonds. The molecular weight excluding hydrogens is 383 g/mol. The van der Waals surface area contributed by atoms with Crippen LogP contribution in [0.3, 0.4) is 0 Å². The maximum Gasteiger partial charge on any atom is 0.416 e. The minimum atomic E-state index is -4.69. The van der Waals surface area contributed by atoms with E-state index in [2.05, 4.69) is 0 Å². The Hall–Kier alpha value is -2.26. The van der Waals surface area contributed by atoms with Gasteiger partial charge in [0.15, 0.2) is 0 Å². The van der Waals surface area contributed by atoms with Crippen LogP contribution in [0.2, 0.25) is 5.02 Å². The minimum absolute atomic E-state index is 0.0638. The first-order valence-corrected chi connectivity index (χ1v) is 7.98. The number of carbonyl (C=O) groups is 1. The van der Waals surface area contributed by atoms with E-state index >= 15 is 0 Å². The van der Waals surface area contributed by atoms with Gasteiger partial charge in [0.25, 0.3) is 5.69 Å². The van der Waals surface area contributed by atoms with E-state index in [0.717, 1.165) is 12.1 Å². The first kappa shape index (κ1) is 19.1. The second kappa shape index (κ2) is 7.75. The first-order chi connectivity index (χ1) is 11.7. The Labute approximate surface area is 148 Å². The van der Waals surface area contributed by atoms with Gasteiger partial charge < -0.3 is 4.74 Å². The standard InChI is InChI=1S/C15H9ClF3NO4S/c16-10-2-4-11(5-3-10)24-14(21)8-25-13-6-1-9(15(17,18)19)7-12(13)20(22)23/h1-7H,8H2. The third-order valence-electron chi connectivity index (χ3n) is 2.87. The summed E-state index contributed by atoms with van der Waals surface area (Å²) in [5.74, 6) is -0.784. The molecule has 0 atom stereocenters. The number of nitro groups is 1. The van der Waals surface area contributed by atoms with Crippen molar-refractivity contribution < 1.29 is 27.6 Å². The van der Waals surface area contributed by atoms with Crippen molar-refractivity contribution in [3.63, 3.8) is 0 Å². The van der Waals surface area contributed by atoms with Gasteiger partial charge in [0, 0.05) is 11.1 Å². The smallest absolute Gasteiger partial charge is 0.416 e. The normalized spacial score (nSPS) is 11.2. The van der Waals surface area contributed by atoms with Crippen LogP contribution in [0.15, 0.2) is 47.4 Å². The Morgan fingerprint density at radius 3 is 2.40 bits per heavy atom. The predicted molar refractivity (Wildman–Crippen MR) is 85.9 cm³/mol. The second-order valence-corrected chi connectivity index (χ2v) is 6.11. The van der Waals surface area contributed by atoms with Gasteiger partial charge in [-0.2, -0.15) is 13.2 Å². The van der Waals surface area contributed by atoms with Crippen LogP contribution in [0.25, 0.3) is 0 Å². The van der Waals surface area contributed by atoms with Crippen LogP contribution in [0.4, 0.5) is 18.9 Å². The fraction of sp³-hybridized carbons (Fsp3) is 0.133. The molecule has 0 radical (unpaired) electrons. The van der Waals surface area contributed by atoms with Crippen molar-refractivity contribution in [1.82, 2.24) is 0 Å². The Kier molecular flexibility index (Phi) is 5.91. The van der Waals surface area contributed by atoms with Gasteiger partial charge in [-0.05, 0) is 36.4 Å². The fourth-order valence-corrected chi connectivity index (χ4v) is 2.66. The molecule has 0 heterocycles. The lowest BCUT2D eigenvalue weighted by Crippen LogP contribution is -2.11. The molecule has 0 spiro atoms. The number of halogens is 4. The first-order valence-electron chi connectivity index (χ1n) is 6.61. The molecule has 2 rings (SSSR count). The molecule has 25 heavy (non-hydrogen) atoms. The van der Waals surface area contributed by atoms with E-state index in [1.54, 1.807) is 0 Å². The van der Waals surface area contributed by atoms with Gasteiger partial charge >= 0.3 is 12.1 Å². The molecule has 0 bridgehead atoms. The highest BCUT2D eigenvalue weighted by Crippen LogP contribution is 2.36. The van der Waals surface area contributed by atoms with E-state index < -0.39 is 28.3 Å². The van der Waals surface area contributed by atoms with Crippen molar-refractivity contribution in [2.24, 2.45) is 0 Å². The molecular formula is C15H9ClF3NO4S. The van der Waals surface area contributed by atoms with Crippen LogP contribution < -0.4 is 4.74 Å². The number of nitro benzene ring substituents is 1. The molecule has 0 saturated carbocycles. The van der Waals surface area contributed by atoms with Gasteiger partial charge in [-0.15, -0.1) is 11.8 Å². The number of alkyl halides is 3. The Balaban J connectivity index is 2.07. The van der Waals surface area contributed by atoms with Gasteiger partial charge in [-0.3, -0.25) is 14.9 Å². The Morgan fingerprint density at radius 1 is 1.20 bits per heavy atom. The van der Waals surface area contributed by atoms with Gasteiger partial charge in [0.2, 0.25) is 0 Å². The quantitative estimate of drug-likeness (QED) is 0.237. The number of thioether (sulfide) groups is 1. The van der Waals surface area contributed by atoms with Gasteiger partial charge in [0.05, 0.1) is 21.1 Å². The zero-order chi connectivity index (χ0) is 18.6. The number of nitrogens with zero attached hydrogens (tertiary/aromatic N) is 1. The van der Waals surface area contributed by atoms with Crippen molar-refractivity contribution in [2.45, 2.75) is 11.1 Å². The van der Waals surface area contributed by atoms with Crippen LogP contribution in [0.1, 0.15) is 5.56 Å². The highest BCUT2D eigenvalue weighted by molar-refractivity contribution is 8.00. The number of rotatable bonds is 5. The summed E-state index contributed by atoms with van der Waals surface area (Å²) >= 11 is 6.41. The lowest BCUT2D eigenvalue weighted by molar-refractivity contribution is -0.388. The van der Waals surface area contributed by atoms with Crippen LogP contribution >= 0.6 is 23.4 Å². The van der Waals surface area contributed by atoms with E-state index in [1.165, 1.54) is 24.3 Å². The maximum atomic E-state index is 12.6. The van der Waals surface area contributed by atoms with Gasteiger partial charge in [-0.1, -0.05) is 11.6 Å². The molecule has 0 aliphatic heterocycles. The molecule has 0 aliphatic carbocycles. The summed E-state index contributed by atoms with van der Waals surface area (Å²) < 4.78 is 42.9. The number of hydrogen-bond donors (Lipinski definition) is 0. The molecule has 2 aromatic carbocycles. The summed E-state index contributed by atoms with van der Waals surface area (Å²) in [4.78, 5) is 21.7. The molecule has 0 saturated heterocycles. The molecule has 5 nitrogen and oxygen atoms in total. The van der Waals surface area contributed by atoms with Crippen LogP contribution in [0, 0.1) is 10.1 Å². The molecule has 0 aliphatic rings. The second-order valence-electron chi connectivity index (χ2n) is 4.65. The Bertz CT molecular complexity index is 796. The highest BCUT2D eigenvalue weighted by atomic mass is 35.5. The predicted octanol–water partition coefficient (Wildman–Crippen LogP) is 4.96. The molecule has 0 unspecified atom stereocenters. The van der Waals surface area contributed by atoms with Crippen LogP contribution in [-0.4, -0.2) is 16.6 Å². The van der Waals surface area contributed by atoms with E-state index in [9.17, 15) is 28.1 Å². The monoisotopic (exact) mass is 391 g/mol. The summed E-state index contributed by atoms with van der Waals surface area (Å²) in [6.45, 7) is 0. The number of carbonyl (C=O) groups excluding carboxylic acids is 1. The molecule has 132 valence electrons. The van der Waals surface area contributed by atoms with E-state index in [4.69, 9.17) is 16.3 Å². The van der Waals surface area contributed by atoms with Gasteiger partial charge in [-0.25, -0.2) is 0 Å². The van der Waals surface area contributed by atoms with Crippen molar-refractivity contribution in [1.29, 1.82) is 0 Å². The molecule has 2 aromatic rings.